The van der Waals surface area contributed by atoms with Crippen LogP contribution in [0.2, 0.25) is 0 Å². The third kappa shape index (κ3) is 5.32. The van der Waals surface area contributed by atoms with Crippen LogP contribution in [0.5, 0.6) is 0 Å². The van der Waals surface area contributed by atoms with Crippen molar-refractivity contribution in [3.05, 3.63) is 23.9 Å². The van der Waals surface area contributed by atoms with E-state index in [9.17, 15) is 13.2 Å². The van der Waals surface area contributed by atoms with Crippen LogP contribution in [0.1, 0.15) is 32.8 Å². The van der Waals surface area contributed by atoms with Gasteiger partial charge in [0.1, 0.15) is 0 Å². The molecule has 0 saturated heterocycles. The second-order valence-corrected chi connectivity index (χ2v) is 5.78. The Kier molecular flexibility index (Phi) is 6.82. The van der Waals surface area contributed by atoms with Crippen LogP contribution in [-0.2, 0) is 6.18 Å². The molecule has 2 nitrogen and oxygen atoms in total. The van der Waals surface area contributed by atoms with Crippen molar-refractivity contribution in [3.63, 3.8) is 0 Å². The molecule has 0 aliphatic carbocycles. The molecule has 2 atom stereocenters. The molecule has 0 bridgehead atoms. The van der Waals surface area contributed by atoms with Crippen molar-refractivity contribution in [1.82, 2.24) is 10.3 Å². The summed E-state index contributed by atoms with van der Waals surface area (Å²) in [6.45, 7) is 7.25. The van der Waals surface area contributed by atoms with Crippen LogP contribution < -0.4 is 5.32 Å². The van der Waals surface area contributed by atoms with Crippen molar-refractivity contribution >= 4 is 11.8 Å². The number of alkyl halides is 3. The maximum absolute atomic E-state index is 12.4. The van der Waals surface area contributed by atoms with Crippen LogP contribution in [0, 0.1) is 5.92 Å². The molecule has 114 valence electrons. The van der Waals surface area contributed by atoms with E-state index in [1.54, 1.807) is 0 Å². The minimum absolute atomic E-state index is 0.346. The van der Waals surface area contributed by atoms with E-state index >= 15 is 0 Å². The highest BCUT2D eigenvalue weighted by Gasteiger charge is 2.30. The Bertz CT molecular complexity index is 392. The molecule has 6 heteroatoms. The standard InChI is InChI=1S/C14H21F3N2S/c1-4-10(3)12(18-5-2)9-20-13-7-6-11(8-19-13)14(15,16)17/h6-8,10,12,18H,4-5,9H2,1-3H3. The van der Waals surface area contributed by atoms with E-state index in [0.717, 1.165) is 31.0 Å². The smallest absolute Gasteiger partial charge is 0.313 e. The Morgan fingerprint density at radius 3 is 2.45 bits per heavy atom. The van der Waals surface area contributed by atoms with Gasteiger partial charge in [-0.15, -0.1) is 11.8 Å². The molecule has 1 rings (SSSR count). The van der Waals surface area contributed by atoms with E-state index in [-0.39, 0.29) is 0 Å². The van der Waals surface area contributed by atoms with Crippen molar-refractivity contribution in [2.45, 2.75) is 44.4 Å². The van der Waals surface area contributed by atoms with Gasteiger partial charge in [0.25, 0.3) is 0 Å². The fraction of sp³-hybridized carbons (Fsp3) is 0.643. The normalized spacial score (nSPS) is 15.1. The van der Waals surface area contributed by atoms with Gasteiger partial charge in [0.2, 0.25) is 0 Å². The Morgan fingerprint density at radius 2 is 2.00 bits per heavy atom. The summed E-state index contributed by atoms with van der Waals surface area (Å²) in [6, 6.07) is 2.87. The maximum atomic E-state index is 12.4. The maximum Gasteiger partial charge on any atom is 0.417 e. The number of aromatic nitrogens is 1. The number of thioether (sulfide) groups is 1. The largest absolute Gasteiger partial charge is 0.417 e. The van der Waals surface area contributed by atoms with E-state index in [1.807, 2.05) is 0 Å². The van der Waals surface area contributed by atoms with Crippen LogP contribution in [0.4, 0.5) is 13.2 Å². The molecule has 0 radical (unpaired) electrons. The van der Waals surface area contributed by atoms with Gasteiger partial charge in [-0.05, 0) is 24.6 Å². The second kappa shape index (κ2) is 7.88. The number of hydrogen-bond donors (Lipinski definition) is 1. The molecule has 1 N–H and O–H groups in total. The van der Waals surface area contributed by atoms with Gasteiger partial charge in [-0.2, -0.15) is 13.2 Å². The van der Waals surface area contributed by atoms with Gasteiger partial charge in [0, 0.05) is 18.0 Å². The Labute approximate surface area is 122 Å². The lowest BCUT2D eigenvalue weighted by Crippen LogP contribution is -2.36. The van der Waals surface area contributed by atoms with Gasteiger partial charge in [-0.3, -0.25) is 0 Å². The number of rotatable bonds is 7. The van der Waals surface area contributed by atoms with Crippen molar-refractivity contribution < 1.29 is 13.2 Å². The molecule has 2 unspecified atom stereocenters. The molecule has 0 fully saturated rings. The zero-order valence-corrected chi connectivity index (χ0v) is 12.8. The predicted octanol–water partition coefficient (Wildman–Crippen LogP) is 4.22. The van der Waals surface area contributed by atoms with E-state index in [1.165, 1.54) is 17.8 Å². The predicted molar refractivity (Wildman–Crippen MR) is 76.9 cm³/mol. The van der Waals surface area contributed by atoms with Gasteiger partial charge in [-0.25, -0.2) is 4.98 Å². The third-order valence-corrected chi connectivity index (χ3v) is 4.33. The topological polar surface area (TPSA) is 24.9 Å². The molecule has 0 saturated carbocycles. The molecular formula is C14H21F3N2S. The third-order valence-electron chi connectivity index (χ3n) is 3.27. The van der Waals surface area contributed by atoms with Crippen LogP contribution in [0.25, 0.3) is 0 Å². The summed E-state index contributed by atoms with van der Waals surface area (Å²) in [4.78, 5) is 3.88. The van der Waals surface area contributed by atoms with E-state index < -0.39 is 11.7 Å². The number of nitrogens with zero attached hydrogens (tertiary/aromatic N) is 1. The first-order chi connectivity index (χ1) is 9.38. The van der Waals surface area contributed by atoms with Gasteiger partial charge in [0.05, 0.1) is 10.6 Å². The Balaban J connectivity index is 2.60. The summed E-state index contributed by atoms with van der Waals surface area (Å²) in [5, 5.41) is 4.04. The van der Waals surface area contributed by atoms with E-state index in [0.29, 0.717) is 17.0 Å². The van der Waals surface area contributed by atoms with E-state index in [4.69, 9.17) is 0 Å². The number of hydrogen-bond acceptors (Lipinski definition) is 3. The highest BCUT2D eigenvalue weighted by Crippen LogP contribution is 2.29. The number of halogens is 3. The van der Waals surface area contributed by atoms with E-state index in [2.05, 4.69) is 31.1 Å². The first kappa shape index (κ1) is 17.3. The molecule has 0 amide bonds. The van der Waals surface area contributed by atoms with Crippen LogP contribution in [0.3, 0.4) is 0 Å². The summed E-state index contributed by atoms with van der Waals surface area (Å²) in [5.74, 6) is 1.33. The van der Waals surface area contributed by atoms with Gasteiger partial charge < -0.3 is 5.32 Å². The van der Waals surface area contributed by atoms with Gasteiger partial charge in [0.15, 0.2) is 0 Å². The molecular weight excluding hydrogens is 285 g/mol. The Hall–Kier alpha value is -0.750. The zero-order valence-electron chi connectivity index (χ0n) is 12.0. The van der Waals surface area contributed by atoms with Crippen LogP contribution in [0.15, 0.2) is 23.4 Å². The first-order valence-corrected chi connectivity index (χ1v) is 7.76. The molecule has 20 heavy (non-hydrogen) atoms. The summed E-state index contributed by atoms with van der Waals surface area (Å²) in [5.41, 5.74) is -0.702. The molecule has 0 spiro atoms. The van der Waals surface area contributed by atoms with Crippen molar-refractivity contribution in [2.75, 3.05) is 12.3 Å². The lowest BCUT2D eigenvalue weighted by Gasteiger charge is -2.23. The van der Waals surface area contributed by atoms with Gasteiger partial charge in [-0.1, -0.05) is 27.2 Å². The lowest BCUT2D eigenvalue weighted by atomic mass is 10.0. The summed E-state index contributed by atoms with van der Waals surface area (Å²) in [7, 11) is 0. The molecule has 1 aromatic rings. The minimum Gasteiger partial charge on any atom is -0.313 e. The summed E-state index contributed by atoms with van der Waals surface area (Å²) < 4.78 is 37.3. The Morgan fingerprint density at radius 1 is 1.30 bits per heavy atom. The highest BCUT2D eigenvalue weighted by molar-refractivity contribution is 7.99. The fourth-order valence-corrected chi connectivity index (χ4v) is 2.87. The SMILES string of the molecule is CCNC(CSc1ccc(C(F)(F)F)cn1)C(C)CC. The zero-order chi connectivity index (χ0) is 15.2. The highest BCUT2D eigenvalue weighted by atomic mass is 32.2. The van der Waals surface area contributed by atoms with Crippen molar-refractivity contribution in [1.29, 1.82) is 0 Å². The molecule has 0 aromatic carbocycles. The average molecular weight is 306 g/mol. The lowest BCUT2D eigenvalue weighted by molar-refractivity contribution is -0.137. The minimum atomic E-state index is -4.32. The summed E-state index contributed by atoms with van der Waals surface area (Å²) in [6.07, 6.45) is -2.36. The monoisotopic (exact) mass is 306 g/mol. The molecule has 1 aromatic heterocycles. The quantitative estimate of drug-likeness (QED) is 0.764. The van der Waals surface area contributed by atoms with Crippen molar-refractivity contribution in [2.24, 2.45) is 5.92 Å². The molecule has 1 heterocycles. The second-order valence-electron chi connectivity index (χ2n) is 4.74. The van der Waals surface area contributed by atoms with Crippen LogP contribution >= 0.6 is 11.8 Å². The molecule has 0 aliphatic heterocycles. The van der Waals surface area contributed by atoms with Gasteiger partial charge >= 0.3 is 6.18 Å². The summed E-state index contributed by atoms with van der Waals surface area (Å²) >= 11 is 1.49. The van der Waals surface area contributed by atoms with Crippen molar-refractivity contribution in [3.8, 4) is 0 Å². The molecule has 0 aliphatic rings. The van der Waals surface area contributed by atoms with Crippen LogP contribution in [-0.4, -0.2) is 23.3 Å². The number of nitrogens with one attached hydrogen (secondary N) is 1. The first-order valence-electron chi connectivity index (χ1n) is 6.77. The number of pyridine rings is 1. The average Bonchev–Trinajstić information content (AvgIpc) is 2.42. The fourth-order valence-electron chi connectivity index (χ4n) is 1.78.